The lowest BCUT2D eigenvalue weighted by Gasteiger charge is -2.33. The maximum atomic E-state index is 13.6. The molecule has 204 valence electrons. The quantitative estimate of drug-likeness (QED) is 0.375. The van der Waals surface area contributed by atoms with Crippen LogP contribution in [0.2, 0.25) is 5.02 Å². The molecule has 0 radical (unpaired) electrons. The summed E-state index contributed by atoms with van der Waals surface area (Å²) < 4.78 is 66.0. The third-order valence-corrected chi connectivity index (χ3v) is 7.10. The van der Waals surface area contributed by atoms with Crippen molar-refractivity contribution in [3.63, 3.8) is 0 Å². The highest BCUT2D eigenvalue weighted by Crippen LogP contribution is 2.37. The number of unbranched alkanes of at least 4 members (excludes halogenated alkanes) is 1. The SMILES string of the molecule is CCCCNC(=O)C(CC)N(Cc1ccccc1)C(=O)CN(c1ccc(Cl)c(C(F)(F)F)c1)S(C)(=O)=O. The van der Waals surface area contributed by atoms with Gasteiger partial charge in [-0.3, -0.25) is 13.9 Å². The fourth-order valence-electron chi connectivity index (χ4n) is 3.71. The van der Waals surface area contributed by atoms with E-state index in [1.54, 1.807) is 37.3 Å². The maximum Gasteiger partial charge on any atom is 0.417 e. The van der Waals surface area contributed by atoms with Crippen LogP contribution in [0.25, 0.3) is 0 Å². The molecule has 0 saturated carbocycles. The van der Waals surface area contributed by atoms with Crippen molar-refractivity contribution in [1.29, 1.82) is 0 Å². The van der Waals surface area contributed by atoms with Gasteiger partial charge in [-0.15, -0.1) is 0 Å². The van der Waals surface area contributed by atoms with Crippen LogP contribution >= 0.6 is 11.6 Å². The number of sulfonamides is 1. The number of anilines is 1. The van der Waals surface area contributed by atoms with E-state index in [4.69, 9.17) is 11.6 Å². The molecule has 12 heteroatoms. The molecule has 0 aliphatic carbocycles. The molecule has 0 fully saturated rings. The second-order valence-corrected chi connectivity index (χ2v) is 10.8. The van der Waals surface area contributed by atoms with E-state index in [-0.39, 0.29) is 18.7 Å². The first-order chi connectivity index (χ1) is 17.3. The van der Waals surface area contributed by atoms with E-state index < -0.39 is 51.2 Å². The highest BCUT2D eigenvalue weighted by molar-refractivity contribution is 7.92. The number of carbonyl (C=O) groups is 2. The molecule has 0 aromatic heterocycles. The zero-order valence-electron chi connectivity index (χ0n) is 20.9. The van der Waals surface area contributed by atoms with E-state index >= 15 is 0 Å². The molecular weight excluding hydrogens is 531 g/mol. The van der Waals surface area contributed by atoms with E-state index in [0.717, 1.165) is 31.2 Å². The van der Waals surface area contributed by atoms with Crippen molar-refractivity contribution in [3.8, 4) is 0 Å². The van der Waals surface area contributed by atoms with Crippen LogP contribution in [0.1, 0.15) is 44.2 Å². The van der Waals surface area contributed by atoms with Gasteiger partial charge < -0.3 is 10.2 Å². The monoisotopic (exact) mass is 561 g/mol. The van der Waals surface area contributed by atoms with Gasteiger partial charge in [-0.1, -0.05) is 62.2 Å². The molecule has 1 unspecified atom stereocenters. The zero-order chi connectivity index (χ0) is 27.8. The van der Waals surface area contributed by atoms with Crippen LogP contribution in [-0.2, 0) is 32.3 Å². The van der Waals surface area contributed by atoms with E-state index in [1.165, 1.54) is 4.90 Å². The Kier molecular flexibility index (Phi) is 10.8. The van der Waals surface area contributed by atoms with Gasteiger partial charge in [-0.25, -0.2) is 8.42 Å². The van der Waals surface area contributed by atoms with E-state index in [1.807, 2.05) is 6.92 Å². The van der Waals surface area contributed by atoms with Gasteiger partial charge in [0, 0.05) is 13.1 Å². The lowest BCUT2D eigenvalue weighted by Crippen LogP contribution is -2.52. The molecule has 2 amide bonds. The van der Waals surface area contributed by atoms with Gasteiger partial charge in [0.2, 0.25) is 21.8 Å². The third-order valence-electron chi connectivity index (χ3n) is 5.63. The molecular formula is C25H31ClF3N3O4S. The summed E-state index contributed by atoms with van der Waals surface area (Å²) in [6.45, 7) is 3.31. The predicted octanol–water partition coefficient (Wildman–Crippen LogP) is 4.85. The molecule has 7 nitrogen and oxygen atoms in total. The molecule has 37 heavy (non-hydrogen) atoms. The zero-order valence-corrected chi connectivity index (χ0v) is 22.5. The molecule has 0 spiro atoms. The number of amides is 2. The van der Waals surface area contributed by atoms with Crippen LogP contribution in [-0.4, -0.2) is 50.5 Å². The minimum absolute atomic E-state index is 0.00536. The fraction of sp³-hybridized carbons (Fsp3) is 0.440. The Hall–Kier alpha value is -2.79. The standard InChI is InChI=1S/C25H31ClF3N3O4S/c1-4-6-14-30-24(34)22(5-2)31(16-18-10-8-7-9-11-18)23(33)17-32(37(3,35)36)19-12-13-21(26)20(15-19)25(27,28)29/h7-13,15,22H,4-6,14,16-17H2,1-3H3,(H,30,34). The van der Waals surface area contributed by atoms with E-state index in [0.29, 0.717) is 22.5 Å². The van der Waals surface area contributed by atoms with Crippen LogP contribution in [0.15, 0.2) is 48.5 Å². The van der Waals surface area contributed by atoms with Crippen LogP contribution in [0, 0.1) is 0 Å². The first-order valence-electron chi connectivity index (χ1n) is 11.7. The highest BCUT2D eigenvalue weighted by atomic mass is 35.5. The Morgan fingerprint density at radius 2 is 1.73 bits per heavy atom. The lowest BCUT2D eigenvalue weighted by atomic mass is 10.1. The molecule has 0 heterocycles. The minimum atomic E-state index is -4.83. The average Bonchev–Trinajstić information content (AvgIpc) is 2.82. The lowest BCUT2D eigenvalue weighted by molar-refractivity contribution is -0.140. The van der Waals surface area contributed by atoms with Crippen molar-refractivity contribution in [2.24, 2.45) is 0 Å². The van der Waals surface area contributed by atoms with Crippen molar-refractivity contribution in [1.82, 2.24) is 10.2 Å². The van der Waals surface area contributed by atoms with Crippen molar-refractivity contribution >= 4 is 39.1 Å². The molecule has 2 aromatic rings. The van der Waals surface area contributed by atoms with Crippen LogP contribution in [0.5, 0.6) is 0 Å². The summed E-state index contributed by atoms with van der Waals surface area (Å²) in [7, 11) is -4.19. The number of nitrogens with one attached hydrogen (secondary N) is 1. The van der Waals surface area contributed by atoms with Gasteiger partial charge in [-0.05, 0) is 36.6 Å². The summed E-state index contributed by atoms with van der Waals surface area (Å²) in [5, 5.41) is 2.20. The second kappa shape index (κ2) is 13.1. The average molecular weight is 562 g/mol. The Bertz CT molecular complexity index is 1180. The highest BCUT2D eigenvalue weighted by Gasteiger charge is 2.36. The number of hydrogen-bond donors (Lipinski definition) is 1. The fourth-order valence-corrected chi connectivity index (χ4v) is 4.77. The van der Waals surface area contributed by atoms with Gasteiger partial charge in [0.1, 0.15) is 12.6 Å². The van der Waals surface area contributed by atoms with Gasteiger partial charge in [0.25, 0.3) is 0 Å². The topological polar surface area (TPSA) is 86.8 Å². The first kappa shape index (κ1) is 30.4. The first-order valence-corrected chi connectivity index (χ1v) is 14.0. The van der Waals surface area contributed by atoms with Crippen LogP contribution in [0.3, 0.4) is 0 Å². The molecule has 0 bridgehead atoms. The summed E-state index contributed by atoms with van der Waals surface area (Å²) in [4.78, 5) is 27.8. The second-order valence-electron chi connectivity index (χ2n) is 8.51. The number of benzene rings is 2. The molecule has 0 aliphatic rings. The Balaban J connectivity index is 2.46. The molecule has 1 N–H and O–H groups in total. The summed E-state index contributed by atoms with van der Waals surface area (Å²) in [5.41, 5.74) is -0.893. The third kappa shape index (κ3) is 8.63. The Morgan fingerprint density at radius 1 is 1.08 bits per heavy atom. The number of halogens is 4. The number of rotatable bonds is 12. The number of alkyl halides is 3. The van der Waals surface area contributed by atoms with Crippen LogP contribution < -0.4 is 9.62 Å². The minimum Gasteiger partial charge on any atom is -0.354 e. The van der Waals surface area contributed by atoms with Crippen molar-refractivity contribution in [2.45, 2.75) is 51.9 Å². The number of carbonyl (C=O) groups excluding carboxylic acids is 2. The molecule has 2 rings (SSSR count). The molecule has 0 aliphatic heterocycles. The maximum absolute atomic E-state index is 13.6. The summed E-state index contributed by atoms with van der Waals surface area (Å²) >= 11 is 5.69. The number of nitrogens with zero attached hydrogens (tertiary/aromatic N) is 2. The van der Waals surface area contributed by atoms with Gasteiger partial charge in [-0.2, -0.15) is 13.2 Å². The van der Waals surface area contributed by atoms with Gasteiger partial charge >= 0.3 is 6.18 Å². The normalized spacial score (nSPS) is 12.6. The smallest absolute Gasteiger partial charge is 0.354 e. The summed E-state index contributed by atoms with van der Waals surface area (Å²) in [6, 6.07) is 10.5. The predicted molar refractivity (Wildman–Crippen MR) is 138 cm³/mol. The van der Waals surface area contributed by atoms with Gasteiger partial charge in [0.05, 0.1) is 22.5 Å². The van der Waals surface area contributed by atoms with Crippen molar-refractivity contribution < 1.29 is 31.2 Å². The Labute approximate surface area is 220 Å². The largest absolute Gasteiger partial charge is 0.417 e. The Morgan fingerprint density at radius 3 is 2.27 bits per heavy atom. The van der Waals surface area contributed by atoms with Crippen molar-refractivity contribution in [2.75, 3.05) is 23.7 Å². The van der Waals surface area contributed by atoms with E-state index in [9.17, 15) is 31.2 Å². The van der Waals surface area contributed by atoms with E-state index in [2.05, 4.69) is 5.32 Å². The van der Waals surface area contributed by atoms with Gasteiger partial charge in [0.15, 0.2) is 0 Å². The summed E-state index contributed by atoms with van der Waals surface area (Å²) in [6.07, 6.45) is -2.20. The molecule has 0 saturated heterocycles. The number of hydrogen-bond acceptors (Lipinski definition) is 4. The van der Waals surface area contributed by atoms with Crippen LogP contribution in [0.4, 0.5) is 18.9 Å². The molecule has 1 atom stereocenters. The summed E-state index contributed by atoms with van der Waals surface area (Å²) in [5.74, 6) is -1.13. The van der Waals surface area contributed by atoms with Crippen molar-refractivity contribution in [3.05, 3.63) is 64.7 Å². The molecule has 2 aromatic carbocycles.